The van der Waals surface area contributed by atoms with Crippen molar-refractivity contribution >= 4 is 23.0 Å². The van der Waals surface area contributed by atoms with Gasteiger partial charge in [-0.3, -0.25) is 4.98 Å². The molecule has 0 atom stereocenters. The lowest BCUT2D eigenvalue weighted by molar-refractivity contribution is 0.0595. The van der Waals surface area contributed by atoms with Crippen LogP contribution in [0, 0.1) is 0 Å². The van der Waals surface area contributed by atoms with Gasteiger partial charge in [0.25, 0.3) is 5.89 Å². The normalized spacial score (nSPS) is 10.9. The van der Waals surface area contributed by atoms with E-state index in [4.69, 9.17) is 13.6 Å². The number of nitrogens with zero attached hydrogens (tertiary/aromatic N) is 3. The van der Waals surface area contributed by atoms with Crippen molar-refractivity contribution in [1.82, 2.24) is 9.97 Å². The van der Waals surface area contributed by atoms with Crippen LogP contribution in [0.3, 0.4) is 0 Å². The van der Waals surface area contributed by atoms with Gasteiger partial charge in [-0.25, -0.2) is 4.79 Å². The zero-order valence-electron chi connectivity index (χ0n) is 24.3. The first kappa shape index (κ1) is 27.6. The summed E-state index contributed by atoms with van der Waals surface area (Å²) in [6.45, 7) is 0. The van der Waals surface area contributed by atoms with E-state index in [9.17, 15) is 4.79 Å². The molecular weight excluding hydrogens is 562 g/mol. The largest absolute Gasteiger partial charge is 0.464 e. The van der Waals surface area contributed by atoms with Crippen LogP contribution in [0.4, 0.5) is 17.1 Å². The van der Waals surface area contributed by atoms with E-state index in [1.807, 2.05) is 97.1 Å². The summed E-state index contributed by atoms with van der Waals surface area (Å²) in [6.07, 6.45) is 1.75. The van der Waals surface area contributed by atoms with Crippen molar-refractivity contribution in [2.45, 2.75) is 0 Å². The molecule has 0 aliphatic carbocycles. The highest BCUT2D eigenvalue weighted by Crippen LogP contribution is 2.37. The molecule has 0 aliphatic heterocycles. The summed E-state index contributed by atoms with van der Waals surface area (Å²) in [6, 6.07) is 45.6. The molecule has 0 amide bonds. The van der Waals surface area contributed by atoms with Gasteiger partial charge in [0.2, 0.25) is 0 Å². The van der Waals surface area contributed by atoms with Crippen molar-refractivity contribution in [2.75, 3.05) is 12.0 Å². The second-order valence-corrected chi connectivity index (χ2v) is 10.2. The number of ether oxygens (including phenoxy) is 1. The van der Waals surface area contributed by atoms with E-state index in [-0.39, 0.29) is 11.6 Å². The lowest BCUT2D eigenvalue weighted by Gasteiger charge is -2.25. The minimum atomic E-state index is -0.599. The van der Waals surface area contributed by atoms with Gasteiger partial charge < -0.3 is 18.5 Å². The summed E-state index contributed by atoms with van der Waals surface area (Å²) >= 11 is 0. The van der Waals surface area contributed by atoms with Gasteiger partial charge in [-0.1, -0.05) is 66.7 Å². The smallest absolute Gasteiger partial charge is 0.360 e. The van der Waals surface area contributed by atoms with E-state index in [2.05, 4.69) is 51.3 Å². The first-order chi connectivity index (χ1) is 22.2. The van der Waals surface area contributed by atoms with Crippen LogP contribution >= 0.6 is 0 Å². The molecule has 4 aromatic carbocycles. The van der Waals surface area contributed by atoms with Crippen molar-refractivity contribution in [3.05, 3.63) is 151 Å². The Labute approximate surface area is 260 Å². The zero-order valence-corrected chi connectivity index (χ0v) is 24.3. The number of esters is 1. The highest BCUT2D eigenvalue weighted by atomic mass is 16.5. The summed E-state index contributed by atoms with van der Waals surface area (Å²) < 4.78 is 17.3. The summed E-state index contributed by atoms with van der Waals surface area (Å²) in [5, 5.41) is 0. The number of anilines is 3. The van der Waals surface area contributed by atoms with E-state index in [0.29, 0.717) is 22.8 Å². The van der Waals surface area contributed by atoms with Crippen molar-refractivity contribution in [2.24, 2.45) is 0 Å². The van der Waals surface area contributed by atoms with E-state index >= 15 is 0 Å². The summed E-state index contributed by atoms with van der Waals surface area (Å²) in [5.74, 6) is 0.917. The van der Waals surface area contributed by atoms with E-state index < -0.39 is 5.97 Å². The van der Waals surface area contributed by atoms with Crippen molar-refractivity contribution in [1.29, 1.82) is 0 Å². The van der Waals surface area contributed by atoms with Gasteiger partial charge in [-0.05, 0) is 72.8 Å². The van der Waals surface area contributed by atoms with Crippen LogP contribution in [-0.2, 0) is 4.74 Å². The van der Waals surface area contributed by atoms with Gasteiger partial charge in [0.1, 0.15) is 5.76 Å². The average molecular weight is 590 g/mol. The van der Waals surface area contributed by atoms with Crippen LogP contribution in [0.2, 0.25) is 0 Å². The van der Waals surface area contributed by atoms with Crippen molar-refractivity contribution in [3.63, 3.8) is 0 Å². The Morgan fingerprint density at radius 3 is 1.80 bits per heavy atom. The Bertz CT molecular complexity index is 2000. The third kappa shape index (κ3) is 5.62. The molecule has 218 valence electrons. The molecule has 0 saturated carbocycles. The third-order valence-corrected chi connectivity index (χ3v) is 7.37. The van der Waals surface area contributed by atoms with Crippen LogP contribution in [0.1, 0.15) is 10.5 Å². The molecule has 7 nitrogen and oxygen atoms in total. The molecule has 0 saturated heterocycles. The van der Waals surface area contributed by atoms with Crippen LogP contribution in [0.15, 0.2) is 155 Å². The summed E-state index contributed by atoms with van der Waals surface area (Å²) in [4.78, 5) is 23.7. The molecular formula is C38H27N3O4. The number of aromatic nitrogens is 2. The van der Waals surface area contributed by atoms with Gasteiger partial charge in [0.15, 0.2) is 17.2 Å². The number of hydrogen-bond donors (Lipinski definition) is 0. The Balaban J connectivity index is 1.18. The first-order valence-electron chi connectivity index (χ1n) is 14.4. The third-order valence-electron chi connectivity index (χ3n) is 7.37. The van der Waals surface area contributed by atoms with Crippen LogP contribution in [0.5, 0.6) is 0 Å². The standard InChI is InChI=1S/C38H27N3O4/c1-43-38(42)35-36(28-17-15-26(16-18-28)32-14-8-9-25-39-32)45-37(40-35)34-24-23-33(44-34)27-19-21-31(22-20-27)41(29-10-4-2-5-11-29)30-12-6-3-7-13-30/h2-25H,1H3. The van der Waals surface area contributed by atoms with Crippen LogP contribution in [-0.4, -0.2) is 23.0 Å². The van der Waals surface area contributed by atoms with Gasteiger partial charge in [0.05, 0.1) is 12.8 Å². The summed E-state index contributed by atoms with van der Waals surface area (Å²) in [5.41, 5.74) is 6.55. The van der Waals surface area contributed by atoms with E-state index in [0.717, 1.165) is 33.9 Å². The molecule has 7 aromatic rings. The zero-order chi connectivity index (χ0) is 30.6. The average Bonchev–Trinajstić information content (AvgIpc) is 3.79. The van der Waals surface area contributed by atoms with Gasteiger partial charge in [-0.2, -0.15) is 4.98 Å². The fourth-order valence-corrected chi connectivity index (χ4v) is 5.17. The molecule has 3 heterocycles. The quantitative estimate of drug-likeness (QED) is 0.163. The first-order valence-corrected chi connectivity index (χ1v) is 14.4. The number of carbonyl (C=O) groups excluding carboxylic acids is 1. The van der Waals surface area contributed by atoms with Crippen molar-refractivity contribution < 1.29 is 18.4 Å². The van der Waals surface area contributed by atoms with E-state index in [1.54, 1.807) is 12.3 Å². The number of rotatable bonds is 8. The minimum Gasteiger partial charge on any atom is -0.464 e. The topological polar surface area (TPSA) is 81.6 Å². The maximum atomic E-state index is 12.7. The fraction of sp³-hybridized carbons (Fsp3) is 0.0263. The number of methoxy groups -OCH3 is 1. The predicted molar refractivity (Wildman–Crippen MR) is 174 cm³/mol. The van der Waals surface area contributed by atoms with Gasteiger partial charge in [-0.15, -0.1) is 0 Å². The molecule has 0 spiro atoms. The second kappa shape index (κ2) is 12.2. The number of oxazole rings is 1. The minimum absolute atomic E-state index is 0.0716. The maximum absolute atomic E-state index is 12.7. The fourth-order valence-electron chi connectivity index (χ4n) is 5.17. The second-order valence-electron chi connectivity index (χ2n) is 10.2. The van der Waals surface area contributed by atoms with Crippen molar-refractivity contribution in [3.8, 4) is 45.6 Å². The molecule has 3 aromatic heterocycles. The number of para-hydroxylation sites is 2. The SMILES string of the molecule is COC(=O)c1nc(-c2ccc(-c3ccc(N(c4ccccc4)c4ccccc4)cc3)o2)oc1-c1ccc(-c2ccccn2)cc1. The molecule has 0 bridgehead atoms. The number of pyridine rings is 1. The monoisotopic (exact) mass is 589 g/mol. The Morgan fingerprint density at radius 2 is 1.18 bits per heavy atom. The molecule has 0 radical (unpaired) electrons. The van der Waals surface area contributed by atoms with Crippen LogP contribution in [0.25, 0.3) is 45.6 Å². The molecule has 0 aliphatic rings. The highest BCUT2D eigenvalue weighted by molar-refractivity contribution is 5.94. The summed E-state index contributed by atoms with van der Waals surface area (Å²) in [7, 11) is 1.32. The number of benzene rings is 4. The lowest BCUT2D eigenvalue weighted by atomic mass is 10.1. The molecule has 0 unspecified atom stereocenters. The maximum Gasteiger partial charge on any atom is 0.360 e. The number of carbonyl (C=O) groups is 1. The molecule has 0 fully saturated rings. The molecule has 45 heavy (non-hydrogen) atoms. The Hall–Kier alpha value is -6.21. The Kier molecular flexibility index (Phi) is 7.48. The number of hydrogen-bond acceptors (Lipinski definition) is 7. The van der Waals surface area contributed by atoms with Gasteiger partial charge in [0, 0.05) is 39.9 Å². The Morgan fingerprint density at radius 1 is 0.600 bits per heavy atom. The molecule has 0 N–H and O–H groups in total. The predicted octanol–water partition coefficient (Wildman–Crippen LogP) is 9.59. The van der Waals surface area contributed by atoms with E-state index in [1.165, 1.54) is 7.11 Å². The van der Waals surface area contributed by atoms with Gasteiger partial charge >= 0.3 is 5.97 Å². The molecule has 7 rings (SSSR count). The lowest BCUT2D eigenvalue weighted by Crippen LogP contribution is -2.09. The molecule has 7 heteroatoms. The number of furan rings is 1. The van der Waals surface area contributed by atoms with Crippen LogP contribution < -0.4 is 4.90 Å². The highest BCUT2D eigenvalue weighted by Gasteiger charge is 2.25.